The molecule has 7 rings (SSSR count). The van der Waals surface area contributed by atoms with Crippen molar-refractivity contribution in [2.24, 2.45) is 0 Å². The van der Waals surface area contributed by atoms with Crippen molar-refractivity contribution in [1.82, 2.24) is 0 Å². The Kier molecular flexibility index (Phi) is 4.69. The lowest BCUT2D eigenvalue weighted by Crippen LogP contribution is -1.92. The minimum absolute atomic E-state index is 1.28. The molecule has 0 amide bonds. The highest BCUT2D eigenvalue weighted by Crippen LogP contribution is 2.44. The Morgan fingerprint density at radius 3 is 1.22 bits per heavy atom. The summed E-state index contributed by atoms with van der Waals surface area (Å²) in [5.74, 6) is 0. The summed E-state index contributed by atoms with van der Waals surface area (Å²) in [6.07, 6.45) is 0. The van der Waals surface area contributed by atoms with Gasteiger partial charge in [0.2, 0.25) is 0 Å². The highest BCUT2D eigenvalue weighted by atomic mass is 14.2. The van der Waals surface area contributed by atoms with Crippen LogP contribution >= 0.6 is 0 Å². The van der Waals surface area contributed by atoms with E-state index in [0.717, 1.165) is 0 Å². The maximum Gasteiger partial charge on any atom is -0.00204 e. The Balaban J connectivity index is 1.60. The largest absolute Gasteiger partial charge is 0.0616 e. The number of benzene rings is 7. The van der Waals surface area contributed by atoms with Gasteiger partial charge in [0.05, 0.1) is 0 Å². The molecule has 0 nitrogen and oxygen atoms in total. The van der Waals surface area contributed by atoms with Crippen molar-refractivity contribution in [2.75, 3.05) is 0 Å². The van der Waals surface area contributed by atoms with Gasteiger partial charge in [-0.3, -0.25) is 0 Å². The summed E-state index contributed by atoms with van der Waals surface area (Å²) in [4.78, 5) is 0. The minimum Gasteiger partial charge on any atom is -0.0616 e. The molecular formula is C36H26. The molecule has 0 aliphatic carbocycles. The number of rotatable bonds is 2. The van der Waals surface area contributed by atoms with Gasteiger partial charge in [0, 0.05) is 0 Å². The second-order valence-electron chi connectivity index (χ2n) is 9.77. The predicted molar refractivity (Wildman–Crippen MR) is 157 cm³/mol. The van der Waals surface area contributed by atoms with Crippen LogP contribution in [0.5, 0.6) is 0 Å². The molecule has 0 heterocycles. The van der Waals surface area contributed by atoms with Crippen LogP contribution in [0.1, 0.15) is 11.1 Å². The van der Waals surface area contributed by atoms with Crippen LogP contribution in [0, 0.1) is 13.8 Å². The first-order valence-corrected chi connectivity index (χ1v) is 12.6. The molecule has 0 bridgehead atoms. The number of hydrogen-bond donors (Lipinski definition) is 0. The maximum absolute atomic E-state index is 2.34. The lowest BCUT2D eigenvalue weighted by molar-refractivity contribution is 1.53. The van der Waals surface area contributed by atoms with E-state index in [9.17, 15) is 0 Å². The van der Waals surface area contributed by atoms with Crippen LogP contribution < -0.4 is 0 Å². The minimum atomic E-state index is 1.28. The quantitative estimate of drug-likeness (QED) is 0.226. The summed E-state index contributed by atoms with van der Waals surface area (Å²) in [6.45, 7) is 4.44. The van der Waals surface area contributed by atoms with Crippen molar-refractivity contribution in [3.63, 3.8) is 0 Å². The Labute approximate surface area is 211 Å². The van der Waals surface area contributed by atoms with E-state index >= 15 is 0 Å². The van der Waals surface area contributed by atoms with E-state index in [1.807, 2.05) is 0 Å². The van der Waals surface area contributed by atoms with Crippen molar-refractivity contribution < 1.29 is 0 Å². The van der Waals surface area contributed by atoms with Gasteiger partial charge in [0.15, 0.2) is 0 Å². The molecule has 170 valence electrons. The Bertz CT molecular complexity index is 1900. The van der Waals surface area contributed by atoms with E-state index < -0.39 is 0 Å². The van der Waals surface area contributed by atoms with Crippen molar-refractivity contribution in [3.05, 3.63) is 132 Å². The van der Waals surface area contributed by atoms with E-state index in [1.165, 1.54) is 76.5 Å². The molecule has 0 heteroatoms. The van der Waals surface area contributed by atoms with Gasteiger partial charge in [-0.15, -0.1) is 0 Å². The van der Waals surface area contributed by atoms with E-state index in [-0.39, 0.29) is 0 Å². The van der Waals surface area contributed by atoms with Gasteiger partial charge in [-0.2, -0.15) is 0 Å². The molecule has 36 heavy (non-hydrogen) atoms. The molecule has 0 N–H and O–H groups in total. The van der Waals surface area contributed by atoms with Gasteiger partial charge in [-0.05, 0) is 90.3 Å². The standard InChI is InChI=1S/C36H26/c1-23-19-20-31(28-14-6-3-11-25(23)28)32-21-22-35(30-16-8-7-15-29(30)32)36-33-17-9-4-12-26(33)24(2)27-13-5-10-18-34(27)36/h3-22H,1-2H3. The second kappa shape index (κ2) is 8.07. The monoisotopic (exact) mass is 458 g/mol. The Morgan fingerprint density at radius 2 is 0.667 bits per heavy atom. The molecule has 7 aromatic carbocycles. The SMILES string of the molecule is Cc1ccc(-c2ccc(-c3c4ccccc4c(C)c4ccccc34)c3ccccc23)c2ccccc12. The summed E-state index contributed by atoms with van der Waals surface area (Å²) in [7, 11) is 0. The van der Waals surface area contributed by atoms with Crippen LogP contribution in [-0.2, 0) is 0 Å². The number of fused-ring (bicyclic) bond motifs is 4. The van der Waals surface area contributed by atoms with Crippen LogP contribution in [0.25, 0.3) is 65.3 Å². The molecule has 0 saturated carbocycles. The number of hydrogen-bond acceptors (Lipinski definition) is 0. The first-order chi connectivity index (χ1) is 17.7. The molecule has 0 spiro atoms. The van der Waals surface area contributed by atoms with Crippen LogP contribution in [-0.4, -0.2) is 0 Å². The third-order valence-corrected chi connectivity index (χ3v) is 7.83. The van der Waals surface area contributed by atoms with Crippen LogP contribution in [0.2, 0.25) is 0 Å². The predicted octanol–water partition coefficient (Wildman–Crippen LogP) is 10.3. The smallest absolute Gasteiger partial charge is 0.00204 e. The van der Waals surface area contributed by atoms with E-state index in [4.69, 9.17) is 0 Å². The van der Waals surface area contributed by atoms with Gasteiger partial charge >= 0.3 is 0 Å². The Hall–Kier alpha value is -4.42. The molecule has 0 saturated heterocycles. The molecule has 0 aliphatic rings. The van der Waals surface area contributed by atoms with E-state index in [1.54, 1.807) is 0 Å². The highest BCUT2D eigenvalue weighted by Gasteiger charge is 2.17. The lowest BCUT2D eigenvalue weighted by atomic mass is 9.85. The van der Waals surface area contributed by atoms with Crippen molar-refractivity contribution in [3.8, 4) is 22.3 Å². The molecular weight excluding hydrogens is 432 g/mol. The van der Waals surface area contributed by atoms with Gasteiger partial charge in [-0.1, -0.05) is 121 Å². The van der Waals surface area contributed by atoms with E-state index in [0.29, 0.717) is 0 Å². The van der Waals surface area contributed by atoms with Gasteiger partial charge in [-0.25, -0.2) is 0 Å². The van der Waals surface area contributed by atoms with Crippen LogP contribution in [0.15, 0.2) is 121 Å². The summed E-state index contributed by atoms with van der Waals surface area (Å²) in [6, 6.07) is 44.6. The zero-order valence-corrected chi connectivity index (χ0v) is 20.5. The third kappa shape index (κ3) is 3.01. The van der Waals surface area contributed by atoms with Crippen LogP contribution in [0.3, 0.4) is 0 Å². The molecule has 0 fully saturated rings. The van der Waals surface area contributed by atoms with Crippen molar-refractivity contribution >= 4 is 43.1 Å². The lowest BCUT2D eigenvalue weighted by Gasteiger charge is -2.18. The fourth-order valence-corrected chi connectivity index (χ4v) is 6.07. The van der Waals surface area contributed by atoms with Crippen LogP contribution in [0.4, 0.5) is 0 Å². The zero-order valence-electron chi connectivity index (χ0n) is 20.5. The molecule has 7 aromatic rings. The number of aryl methyl sites for hydroxylation is 2. The molecule has 0 atom stereocenters. The third-order valence-electron chi connectivity index (χ3n) is 7.83. The van der Waals surface area contributed by atoms with Gasteiger partial charge in [0.1, 0.15) is 0 Å². The fourth-order valence-electron chi connectivity index (χ4n) is 6.07. The summed E-state index contributed by atoms with van der Waals surface area (Å²) in [5.41, 5.74) is 7.84. The van der Waals surface area contributed by atoms with Crippen molar-refractivity contribution in [1.29, 1.82) is 0 Å². The molecule has 0 radical (unpaired) electrons. The zero-order chi connectivity index (χ0) is 24.2. The maximum atomic E-state index is 2.34. The molecule has 0 unspecified atom stereocenters. The van der Waals surface area contributed by atoms with Crippen molar-refractivity contribution in [2.45, 2.75) is 13.8 Å². The second-order valence-corrected chi connectivity index (χ2v) is 9.77. The summed E-state index contributed by atoms with van der Waals surface area (Å²) >= 11 is 0. The first kappa shape index (κ1) is 20.9. The van der Waals surface area contributed by atoms with E-state index in [2.05, 4.69) is 135 Å². The summed E-state index contributed by atoms with van der Waals surface area (Å²) < 4.78 is 0. The highest BCUT2D eigenvalue weighted by molar-refractivity contribution is 6.20. The molecule has 0 aromatic heterocycles. The van der Waals surface area contributed by atoms with Gasteiger partial charge in [0.25, 0.3) is 0 Å². The Morgan fingerprint density at radius 1 is 0.306 bits per heavy atom. The topological polar surface area (TPSA) is 0 Å². The summed E-state index contributed by atoms with van der Waals surface area (Å²) in [5, 5.41) is 10.5. The molecule has 0 aliphatic heterocycles. The average Bonchev–Trinajstić information content (AvgIpc) is 2.94. The fraction of sp³-hybridized carbons (Fsp3) is 0.0556. The van der Waals surface area contributed by atoms with Gasteiger partial charge < -0.3 is 0 Å². The average molecular weight is 459 g/mol. The first-order valence-electron chi connectivity index (χ1n) is 12.6. The normalized spacial score (nSPS) is 11.6.